The first kappa shape index (κ1) is 5.36. The van der Waals surface area contributed by atoms with E-state index in [1.165, 1.54) is 5.19 Å². The standard InChI is InChI=1S/C7H6Si/c1-8-7-5-3-2-4-6-7/h1-6H. The third kappa shape index (κ3) is 1.09. The van der Waals surface area contributed by atoms with Crippen LogP contribution in [0.3, 0.4) is 0 Å². The zero-order valence-corrected chi connectivity index (χ0v) is 5.46. The van der Waals surface area contributed by atoms with Gasteiger partial charge in [-0.2, -0.15) is 6.00 Å². The molecule has 0 aliphatic carbocycles. The summed E-state index contributed by atoms with van der Waals surface area (Å²) in [6.45, 7) is 0. The molecule has 38 valence electrons. The van der Waals surface area contributed by atoms with Gasteiger partial charge in [-0.1, -0.05) is 30.3 Å². The van der Waals surface area contributed by atoms with Crippen LogP contribution in [0.5, 0.6) is 0 Å². The average Bonchev–Trinajstić information content (AvgIpc) is 1.90. The molecule has 1 aromatic carbocycles. The van der Waals surface area contributed by atoms with E-state index in [0.717, 1.165) is 0 Å². The number of rotatable bonds is 0. The predicted octanol–water partition coefficient (Wildman–Crippen LogP) is 0.605. The van der Waals surface area contributed by atoms with Gasteiger partial charge in [-0.3, -0.25) is 0 Å². The lowest BCUT2D eigenvalue weighted by atomic mass is 10.4. The molecule has 1 aromatic rings. The second kappa shape index (κ2) is 2.51. The molecule has 0 saturated carbocycles. The van der Waals surface area contributed by atoms with Gasteiger partial charge < -0.3 is 0 Å². The van der Waals surface area contributed by atoms with Crippen LogP contribution in [-0.4, -0.2) is 8.96 Å². The molecule has 0 saturated heterocycles. The Kier molecular flexibility index (Phi) is 1.68. The van der Waals surface area contributed by atoms with E-state index < -0.39 is 0 Å². The van der Waals surface area contributed by atoms with Crippen LogP contribution >= 0.6 is 0 Å². The summed E-state index contributed by atoms with van der Waals surface area (Å²) in [7, 11) is 0.430. The fourth-order valence-electron chi connectivity index (χ4n) is 0.534. The molecule has 1 heteroatoms. The van der Waals surface area contributed by atoms with Crippen molar-refractivity contribution in [3.63, 3.8) is 0 Å². The highest BCUT2D eigenvalue weighted by Gasteiger charge is 1.76. The van der Waals surface area contributed by atoms with Crippen LogP contribution in [0.15, 0.2) is 30.3 Å². The van der Waals surface area contributed by atoms with E-state index in [4.69, 9.17) is 6.00 Å². The van der Waals surface area contributed by atoms with E-state index in [2.05, 4.69) is 0 Å². The van der Waals surface area contributed by atoms with Gasteiger partial charge in [-0.15, -0.1) is 0 Å². The number of hydrogen-bond acceptors (Lipinski definition) is 0. The summed E-state index contributed by atoms with van der Waals surface area (Å²) >= 11 is 0. The van der Waals surface area contributed by atoms with Gasteiger partial charge in [-0.05, 0) is 5.19 Å². The van der Waals surface area contributed by atoms with Crippen LogP contribution in [0.1, 0.15) is 0 Å². The highest BCUT2D eigenvalue weighted by atomic mass is 28.2. The molecule has 0 heterocycles. The molecule has 0 atom stereocenters. The van der Waals surface area contributed by atoms with E-state index in [1.807, 2.05) is 30.3 Å². The SMILES string of the molecule is C#[Si]c1ccccc1. The molecule has 0 nitrogen and oxygen atoms in total. The Morgan fingerprint density at radius 3 is 2.12 bits per heavy atom. The Labute approximate surface area is 51.3 Å². The van der Waals surface area contributed by atoms with E-state index in [0.29, 0.717) is 8.96 Å². The molecule has 0 bridgehead atoms. The fraction of sp³-hybridized carbons (Fsp3) is 0. The van der Waals surface area contributed by atoms with Gasteiger partial charge in [0.1, 0.15) is 0 Å². The predicted molar refractivity (Wildman–Crippen MR) is 36.8 cm³/mol. The summed E-state index contributed by atoms with van der Waals surface area (Å²) in [6.07, 6.45) is 0. The monoisotopic (exact) mass is 118 g/mol. The lowest BCUT2D eigenvalue weighted by Gasteiger charge is -1.82. The van der Waals surface area contributed by atoms with Gasteiger partial charge in [0.15, 0.2) is 0 Å². The van der Waals surface area contributed by atoms with Crippen molar-refractivity contribution in [3.8, 4) is 6.00 Å². The summed E-state index contributed by atoms with van der Waals surface area (Å²) < 4.78 is 0. The maximum atomic E-state index is 5.38. The molecule has 0 radical (unpaired) electrons. The Bertz CT molecular complexity index is 195. The molecule has 0 amide bonds. The highest BCUT2D eigenvalue weighted by Crippen LogP contribution is 1.77. The largest absolute Gasteiger partial charge is 0.153 e. The first-order chi connectivity index (χ1) is 3.93. The zero-order chi connectivity index (χ0) is 5.82. The molecular weight excluding hydrogens is 112 g/mol. The van der Waals surface area contributed by atoms with E-state index in [9.17, 15) is 0 Å². The van der Waals surface area contributed by atoms with Gasteiger partial charge in [-0.25, -0.2) is 0 Å². The van der Waals surface area contributed by atoms with Crippen molar-refractivity contribution in [1.29, 1.82) is 0 Å². The summed E-state index contributed by atoms with van der Waals surface area (Å²) in [5.41, 5.74) is 0. The molecular formula is C7H6Si. The summed E-state index contributed by atoms with van der Waals surface area (Å²) in [4.78, 5) is 0. The zero-order valence-electron chi connectivity index (χ0n) is 4.46. The minimum Gasteiger partial charge on any atom is -0.153 e. The van der Waals surface area contributed by atoms with Gasteiger partial charge >= 0.3 is 0 Å². The lowest BCUT2D eigenvalue weighted by molar-refractivity contribution is 1.77. The van der Waals surface area contributed by atoms with Crippen molar-refractivity contribution >= 4 is 14.1 Å². The Morgan fingerprint density at radius 2 is 1.75 bits per heavy atom. The molecule has 0 unspecified atom stereocenters. The van der Waals surface area contributed by atoms with E-state index in [-0.39, 0.29) is 0 Å². The van der Waals surface area contributed by atoms with Crippen molar-refractivity contribution in [1.82, 2.24) is 0 Å². The lowest BCUT2D eigenvalue weighted by Crippen LogP contribution is -2.00. The third-order valence-corrected chi connectivity index (χ3v) is 1.61. The number of benzene rings is 1. The van der Waals surface area contributed by atoms with Gasteiger partial charge in [0, 0.05) is 8.96 Å². The Hall–Kier alpha value is -0.783. The molecule has 0 aliphatic rings. The van der Waals surface area contributed by atoms with E-state index >= 15 is 0 Å². The molecule has 8 heavy (non-hydrogen) atoms. The first-order valence-electron chi connectivity index (χ1n) is 2.45. The van der Waals surface area contributed by atoms with E-state index in [1.54, 1.807) is 0 Å². The molecule has 0 spiro atoms. The molecule has 0 aliphatic heterocycles. The Balaban J connectivity index is 3.05. The van der Waals surface area contributed by atoms with Crippen molar-refractivity contribution in [2.75, 3.05) is 0 Å². The van der Waals surface area contributed by atoms with Crippen molar-refractivity contribution in [2.45, 2.75) is 0 Å². The smallest absolute Gasteiger partial charge is 0.0195 e. The van der Waals surface area contributed by atoms with Crippen LogP contribution in [0.2, 0.25) is 0 Å². The number of hydrogen-bond donors (Lipinski definition) is 0. The maximum Gasteiger partial charge on any atom is 0.0195 e. The van der Waals surface area contributed by atoms with Gasteiger partial charge in [0.2, 0.25) is 0 Å². The van der Waals surface area contributed by atoms with Crippen LogP contribution in [0.4, 0.5) is 0 Å². The molecule has 0 fully saturated rings. The second-order valence-electron chi connectivity index (χ2n) is 1.51. The van der Waals surface area contributed by atoms with Gasteiger partial charge in [0.05, 0.1) is 0 Å². The van der Waals surface area contributed by atoms with Crippen molar-refractivity contribution in [3.05, 3.63) is 30.3 Å². The molecule has 1 rings (SSSR count). The summed E-state index contributed by atoms with van der Waals surface area (Å²) in [5, 5.41) is 1.22. The fourth-order valence-corrected chi connectivity index (χ4v) is 0.919. The van der Waals surface area contributed by atoms with Crippen LogP contribution in [0, 0.1) is 6.00 Å². The Morgan fingerprint density at radius 1 is 1.12 bits per heavy atom. The van der Waals surface area contributed by atoms with Crippen LogP contribution < -0.4 is 5.19 Å². The maximum absolute atomic E-state index is 5.38. The minimum atomic E-state index is 0.430. The third-order valence-electron chi connectivity index (χ3n) is 0.940. The molecule has 0 aromatic heterocycles. The molecule has 0 N–H and O–H groups in total. The topological polar surface area (TPSA) is 0 Å². The minimum absolute atomic E-state index is 0.430. The van der Waals surface area contributed by atoms with Crippen molar-refractivity contribution in [2.24, 2.45) is 0 Å². The summed E-state index contributed by atoms with van der Waals surface area (Å²) in [5.74, 6) is 0. The normalized spacial score (nSPS) is 7.88. The van der Waals surface area contributed by atoms with Crippen LogP contribution in [-0.2, 0) is 0 Å². The highest BCUT2D eigenvalue weighted by molar-refractivity contribution is 6.41. The van der Waals surface area contributed by atoms with Crippen LogP contribution in [0.25, 0.3) is 0 Å². The average molecular weight is 118 g/mol. The van der Waals surface area contributed by atoms with Gasteiger partial charge in [0.25, 0.3) is 0 Å². The summed E-state index contributed by atoms with van der Waals surface area (Å²) in [6, 6.07) is 15.4. The second-order valence-corrected chi connectivity index (χ2v) is 2.38. The quantitative estimate of drug-likeness (QED) is 0.438. The van der Waals surface area contributed by atoms with Crippen molar-refractivity contribution < 1.29 is 0 Å². The first-order valence-corrected chi connectivity index (χ1v) is 3.53.